The smallest absolute Gasteiger partial charge is 0.106 e. The van der Waals surface area contributed by atoms with Crippen LogP contribution in [-0.4, -0.2) is 26.5 Å². The Hall–Kier alpha value is -0.830. The molecule has 0 saturated carbocycles. The zero-order valence-corrected chi connectivity index (χ0v) is 12.0. The zero-order valence-electron chi connectivity index (χ0n) is 12.0. The molecule has 0 rings (SSSR count). The first-order chi connectivity index (χ1) is 8.35. The van der Waals surface area contributed by atoms with Crippen molar-refractivity contribution in [2.45, 2.75) is 52.4 Å². The number of ether oxygens (including phenoxy) is 1. The van der Waals surface area contributed by atoms with Crippen LogP contribution in [0.1, 0.15) is 52.4 Å². The van der Waals surface area contributed by atoms with Gasteiger partial charge in [-0.3, -0.25) is 0 Å². The van der Waals surface area contributed by atoms with Gasteiger partial charge in [-0.05, 0) is 25.3 Å². The van der Waals surface area contributed by atoms with Gasteiger partial charge in [-0.25, -0.2) is 0 Å². The van der Waals surface area contributed by atoms with Gasteiger partial charge in [0.15, 0.2) is 0 Å². The van der Waals surface area contributed by atoms with E-state index < -0.39 is 0 Å². The van der Waals surface area contributed by atoms with E-state index in [9.17, 15) is 0 Å². The zero-order chi connectivity index (χ0) is 13.4. The van der Waals surface area contributed by atoms with Crippen molar-refractivity contribution in [1.29, 1.82) is 0 Å². The topological polar surface area (TPSA) is 30.8 Å². The minimum Gasteiger partial charge on any atom is -0.399 e. The minimum absolute atomic E-state index is 0.878. The molecular weight excluding hydrogens is 214 g/mol. The first kappa shape index (κ1) is 18.5. The third-order valence-corrected chi connectivity index (χ3v) is 2.23. The molecule has 0 N–H and O–H groups in total. The van der Waals surface area contributed by atoms with Crippen molar-refractivity contribution >= 4 is 5.71 Å². The quantitative estimate of drug-likeness (QED) is 0.327. The predicted octanol–water partition coefficient (Wildman–Crippen LogP) is 4.19. The highest BCUT2D eigenvalue weighted by Crippen LogP contribution is 2.06. The summed E-state index contributed by atoms with van der Waals surface area (Å²) in [6.45, 7) is 8.57. The molecule has 0 spiro atoms. The van der Waals surface area contributed by atoms with E-state index in [-0.39, 0.29) is 0 Å². The number of hydrogen-bond donors (Lipinski definition) is 0. The summed E-state index contributed by atoms with van der Waals surface area (Å²) in [6, 6.07) is 0. The average molecular weight is 243 g/mol. The summed E-state index contributed by atoms with van der Waals surface area (Å²) in [5.74, 6) is 0. The van der Waals surface area contributed by atoms with E-state index in [1.165, 1.54) is 19.3 Å². The summed E-state index contributed by atoms with van der Waals surface area (Å²) in [4.78, 5) is 4.71. The van der Waals surface area contributed by atoms with Crippen LogP contribution in [0.25, 0.3) is 0 Å². The second-order valence-electron chi connectivity index (χ2n) is 3.48. The maximum atomic E-state index is 4.99. The molecule has 0 heterocycles. The highest BCUT2D eigenvalue weighted by molar-refractivity contribution is 5.93. The number of nitrogens with zero attached hydrogens (tertiary/aromatic N) is 1. The Morgan fingerprint density at radius 3 is 2.18 bits per heavy atom. The molecule has 102 valence electrons. The fourth-order valence-corrected chi connectivity index (χ4v) is 1.39. The molecule has 0 radical (unpaired) electrons. The van der Waals surface area contributed by atoms with Crippen LogP contribution >= 0.6 is 0 Å². The summed E-state index contributed by atoms with van der Waals surface area (Å²) in [7, 11) is 3.31. The highest BCUT2D eigenvalue weighted by atomic mass is 16.6. The van der Waals surface area contributed by atoms with Gasteiger partial charge in [0.2, 0.25) is 0 Å². The van der Waals surface area contributed by atoms with Crippen LogP contribution in [0.4, 0.5) is 0 Å². The lowest BCUT2D eigenvalue weighted by Gasteiger charge is -2.01. The van der Waals surface area contributed by atoms with E-state index in [1.54, 1.807) is 20.3 Å². The molecular formula is C14H29NO2. The molecule has 0 atom stereocenters. The predicted molar refractivity (Wildman–Crippen MR) is 75.6 cm³/mol. The normalized spacial score (nSPS) is 10.5. The molecule has 0 saturated heterocycles. The molecule has 0 bridgehead atoms. The van der Waals surface area contributed by atoms with Crippen LogP contribution in [0.5, 0.6) is 0 Å². The molecule has 0 aromatic rings. The number of oxime groups is 1. The molecule has 0 amide bonds. The number of methoxy groups -OCH3 is 1. The van der Waals surface area contributed by atoms with Gasteiger partial charge in [-0.2, -0.15) is 0 Å². The van der Waals surface area contributed by atoms with Crippen molar-refractivity contribution in [2.24, 2.45) is 5.16 Å². The molecule has 3 nitrogen and oxygen atoms in total. The SMILES string of the molecule is C=C/C(CCCCCCCOC)=N\OC.CC. The van der Waals surface area contributed by atoms with Gasteiger partial charge in [0.1, 0.15) is 7.11 Å². The van der Waals surface area contributed by atoms with Crippen molar-refractivity contribution < 1.29 is 9.57 Å². The molecule has 0 aliphatic carbocycles. The first-order valence-corrected chi connectivity index (χ1v) is 6.56. The summed E-state index contributed by atoms with van der Waals surface area (Å²) in [6.07, 6.45) is 8.79. The second-order valence-corrected chi connectivity index (χ2v) is 3.48. The van der Waals surface area contributed by atoms with Gasteiger partial charge in [0.25, 0.3) is 0 Å². The number of unbranched alkanes of at least 4 members (excludes halogenated alkanes) is 4. The van der Waals surface area contributed by atoms with Gasteiger partial charge in [0, 0.05) is 13.7 Å². The Morgan fingerprint density at radius 1 is 1.06 bits per heavy atom. The van der Waals surface area contributed by atoms with Crippen LogP contribution in [0.3, 0.4) is 0 Å². The summed E-state index contributed by atoms with van der Waals surface area (Å²) < 4.78 is 4.99. The fraction of sp³-hybridized carbons (Fsp3) is 0.786. The molecule has 0 aromatic heterocycles. The van der Waals surface area contributed by atoms with Gasteiger partial charge < -0.3 is 9.57 Å². The van der Waals surface area contributed by atoms with Crippen molar-refractivity contribution in [3.63, 3.8) is 0 Å². The van der Waals surface area contributed by atoms with Crippen LogP contribution in [0.15, 0.2) is 17.8 Å². The van der Waals surface area contributed by atoms with E-state index in [0.717, 1.165) is 31.6 Å². The molecule has 0 fully saturated rings. The molecule has 0 aliphatic rings. The Labute approximate surface area is 107 Å². The molecule has 3 heteroatoms. The van der Waals surface area contributed by atoms with Crippen LogP contribution < -0.4 is 0 Å². The Balaban J connectivity index is 0. The fourth-order valence-electron chi connectivity index (χ4n) is 1.39. The lowest BCUT2D eigenvalue weighted by atomic mass is 10.1. The monoisotopic (exact) mass is 243 g/mol. The van der Waals surface area contributed by atoms with E-state index in [0.29, 0.717) is 0 Å². The van der Waals surface area contributed by atoms with Gasteiger partial charge in [-0.15, -0.1) is 0 Å². The van der Waals surface area contributed by atoms with Gasteiger partial charge >= 0.3 is 0 Å². The number of hydrogen-bond acceptors (Lipinski definition) is 3. The lowest BCUT2D eigenvalue weighted by molar-refractivity contribution is 0.192. The van der Waals surface area contributed by atoms with Crippen molar-refractivity contribution in [2.75, 3.05) is 20.8 Å². The van der Waals surface area contributed by atoms with Crippen LogP contribution in [-0.2, 0) is 9.57 Å². The maximum absolute atomic E-state index is 4.99. The number of allylic oxidation sites excluding steroid dienone is 1. The van der Waals surface area contributed by atoms with Gasteiger partial charge in [0.05, 0.1) is 5.71 Å². The summed E-state index contributed by atoms with van der Waals surface area (Å²) in [5, 5.41) is 3.87. The first-order valence-electron chi connectivity index (χ1n) is 6.56. The van der Waals surface area contributed by atoms with Crippen LogP contribution in [0, 0.1) is 0 Å². The summed E-state index contributed by atoms with van der Waals surface area (Å²) >= 11 is 0. The maximum Gasteiger partial charge on any atom is 0.106 e. The van der Waals surface area contributed by atoms with Crippen LogP contribution in [0.2, 0.25) is 0 Å². The Kier molecular flexibility index (Phi) is 19.1. The van der Waals surface area contributed by atoms with E-state index in [2.05, 4.69) is 11.7 Å². The largest absolute Gasteiger partial charge is 0.399 e. The van der Waals surface area contributed by atoms with E-state index >= 15 is 0 Å². The molecule has 0 aliphatic heterocycles. The van der Waals surface area contributed by atoms with E-state index in [1.807, 2.05) is 13.8 Å². The Bertz CT molecular complexity index is 179. The second kappa shape index (κ2) is 17.6. The minimum atomic E-state index is 0.878. The van der Waals surface area contributed by atoms with Gasteiger partial charge in [-0.1, -0.05) is 44.8 Å². The number of rotatable bonds is 10. The third-order valence-electron chi connectivity index (χ3n) is 2.23. The Morgan fingerprint density at radius 2 is 1.65 bits per heavy atom. The van der Waals surface area contributed by atoms with Crippen molar-refractivity contribution in [3.05, 3.63) is 12.7 Å². The molecule has 0 unspecified atom stereocenters. The summed E-state index contributed by atoms with van der Waals surface area (Å²) in [5.41, 5.74) is 0.939. The standard InChI is InChI=1S/C12H23NO2.C2H6/c1-4-12(13-15-3)10-8-6-5-7-9-11-14-2;1-2/h4H,1,5-11H2,2-3H3;1-2H3/b13-12+;. The van der Waals surface area contributed by atoms with Crippen molar-refractivity contribution in [1.82, 2.24) is 0 Å². The van der Waals surface area contributed by atoms with E-state index in [4.69, 9.17) is 9.57 Å². The lowest BCUT2D eigenvalue weighted by Crippen LogP contribution is -1.94. The molecule has 0 aromatic carbocycles. The molecule has 17 heavy (non-hydrogen) atoms. The highest BCUT2D eigenvalue weighted by Gasteiger charge is 1.95. The average Bonchev–Trinajstić information content (AvgIpc) is 2.38. The van der Waals surface area contributed by atoms with Crippen molar-refractivity contribution in [3.8, 4) is 0 Å². The third kappa shape index (κ3) is 15.2.